The van der Waals surface area contributed by atoms with Crippen molar-refractivity contribution in [1.82, 2.24) is 0 Å². The van der Waals surface area contributed by atoms with E-state index in [9.17, 15) is 0 Å². The number of hydrogen-bond donors (Lipinski definition) is 0. The van der Waals surface area contributed by atoms with E-state index in [1.165, 1.54) is 108 Å². The molecule has 0 aliphatic carbocycles. The van der Waals surface area contributed by atoms with Gasteiger partial charge in [0.1, 0.15) is 0 Å². The Morgan fingerprint density at radius 1 is 0.200 bits per heavy atom. The predicted molar refractivity (Wildman–Crippen MR) is 217 cm³/mol. The fraction of sp³-hybridized carbons (Fsp3) is 0. The van der Waals surface area contributed by atoms with E-state index in [1.807, 2.05) is 0 Å². The molecule has 0 nitrogen and oxygen atoms in total. The molecule has 0 atom stereocenters. The summed E-state index contributed by atoms with van der Waals surface area (Å²) in [6.45, 7) is 0. The summed E-state index contributed by atoms with van der Waals surface area (Å²) < 4.78 is 0. The minimum atomic E-state index is 1.24. The largest absolute Gasteiger partial charge is 0.0622 e. The van der Waals surface area contributed by atoms with Crippen molar-refractivity contribution < 1.29 is 0 Å². The standard InChI is InChI=1S/C50H30/c1-2-14-31(15-3-1)47-42-24-12-13-25-43(42)48(46-29-33-17-5-4-16-32(33)28-45(46)47)34-26-27-38-37-20-8-10-22-40(37)49-39-21-9-6-18-35(39)36-19-7-11-23-41(36)50(49)44(38)30-34/h1-30H. The first-order valence-corrected chi connectivity index (χ1v) is 17.4. The molecule has 230 valence electrons. The minimum Gasteiger partial charge on any atom is -0.0622 e. The van der Waals surface area contributed by atoms with Gasteiger partial charge in [0.25, 0.3) is 0 Å². The maximum Gasteiger partial charge on any atom is -0.00137 e. The summed E-state index contributed by atoms with van der Waals surface area (Å²) in [5, 5.41) is 20.7. The van der Waals surface area contributed by atoms with E-state index in [-0.39, 0.29) is 0 Å². The summed E-state index contributed by atoms with van der Waals surface area (Å²) in [6, 6.07) is 67.6. The van der Waals surface area contributed by atoms with Crippen LogP contribution in [0.5, 0.6) is 0 Å². The molecule has 0 radical (unpaired) electrons. The van der Waals surface area contributed by atoms with Crippen LogP contribution in [0.1, 0.15) is 0 Å². The highest BCUT2D eigenvalue weighted by atomic mass is 14.2. The van der Waals surface area contributed by atoms with E-state index in [4.69, 9.17) is 0 Å². The highest BCUT2D eigenvalue weighted by Gasteiger charge is 2.20. The topological polar surface area (TPSA) is 0 Å². The first-order valence-electron chi connectivity index (χ1n) is 17.4. The highest BCUT2D eigenvalue weighted by molar-refractivity contribution is 6.40. The Kier molecular flexibility index (Phi) is 5.76. The Bertz CT molecular complexity index is 3170. The predicted octanol–water partition coefficient (Wildman–Crippen LogP) is 14.2. The number of benzene rings is 11. The molecule has 0 saturated carbocycles. The Labute approximate surface area is 289 Å². The van der Waals surface area contributed by atoms with Gasteiger partial charge < -0.3 is 0 Å². The zero-order chi connectivity index (χ0) is 32.8. The highest BCUT2D eigenvalue weighted by Crippen LogP contribution is 2.48. The zero-order valence-corrected chi connectivity index (χ0v) is 27.3. The van der Waals surface area contributed by atoms with Crippen LogP contribution in [0, 0.1) is 0 Å². The van der Waals surface area contributed by atoms with Crippen LogP contribution in [0.2, 0.25) is 0 Å². The quantitative estimate of drug-likeness (QED) is 0.132. The molecule has 11 rings (SSSR count). The first-order chi connectivity index (χ1) is 24.8. The molecule has 0 unspecified atom stereocenters. The average molecular weight is 631 g/mol. The Hall–Kier alpha value is -6.50. The second-order valence-corrected chi connectivity index (χ2v) is 13.6. The lowest BCUT2D eigenvalue weighted by molar-refractivity contribution is 1.67. The third kappa shape index (κ3) is 3.82. The molecule has 11 aromatic carbocycles. The molecule has 0 bridgehead atoms. The second kappa shape index (κ2) is 10.5. The van der Waals surface area contributed by atoms with Crippen LogP contribution in [-0.4, -0.2) is 0 Å². The van der Waals surface area contributed by atoms with E-state index in [0.29, 0.717) is 0 Å². The summed E-state index contributed by atoms with van der Waals surface area (Å²) >= 11 is 0. The van der Waals surface area contributed by atoms with Crippen LogP contribution in [0.25, 0.3) is 108 Å². The lowest BCUT2D eigenvalue weighted by Gasteiger charge is -2.20. The summed E-state index contributed by atoms with van der Waals surface area (Å²) in [4.78, 5) is 0. The third-order valence-corrected chi connectivity index (χ3v) is 10.9. The van der Waals surface area contributed by atoms with Gasteiger partial charge in [-0.1, -0.05) is 164 Å². The molecule has 0 aliphatic heterocycles. The zero-order valence-electron chi connectivity index (χ0n) is 27.3. The fourth-order valence-electron chi connectivity index (χ4n) is 8.87. The van der Waals surface area contributed by atoms with Crippen LogP contribution in [0.15, 0.2) is 182 Å². The van der Waals surface area contributed by atoms with E-state index in [1.54, 1.807) is 0 Å². The molecule has 0 heteroatoms. The van der Waals surface area contributed by atoms with E-state index >= 15 is 0 Å². The molecule has 0 aromatic heterocycles. The van der Waals surface area contributed by atoms with Gasteiger partial charge in [-0.2, -0.15) is 0 Å². The molecular formula is C50H30. The van der Waals surface area contributed by atoms with E-state index in [0.717, 1.165) is 0 Å². The van der Waals surface area contributed by atoms with Crippen LogP contribution < -0.4 is 0 Å². The number of fused-ring (bicyclic) bond motifs is 14. The van der Waals surface area contributed by atoms with Gasteiger partial charge in [-0.25, -0.2) is 0 Å². The fourth-order valence-corrected chi connectivity index (χ4v) is 8.87. The summed E-state index contributed by atoms with van der Waals surface area (Å²) in [5.74, 6) is 0. The van der Waals surface area contributed by atoms with Crippen molar-refractivity contribution >= 4 is 86.2 Å². The lowest BCUT2D eigenvalue weighted by atomic mass is 9.83. The molecule has 0 fully saturated rings. The van der Waals surface area contributed by atoms with Gasteiger partial charge in [-0.15, -0.1) is 0 Å². The normalized spacial score (nSPS) is 12.0. The van der Waals surface area contributed by atoms with Gasteiger partial charge in [0.2, 0.25) is 0 Å². The molecular weight excluding hydrogens is 601 g/mol. The van der Waals surface area contributed by atoms with Crippen molar-refractivity contribution in [3.05, 3.63) is 182 Å². The van der Waals surface area contributed by atoms with Crippen molar-refractivity contribution in [2.24, 2.45) is 0 Å². The monoisotopic (exact) mass is 630 g/mol. The summed E-state index contributed by atoms with van der Waals surface area (Å²) in [5.41, 5.74) is 5.06. The summed E-state index contributed by atoms with van der Waals surface area (Å²) in [7, 11) is 0. The van der Waals surface area contributed by atoms with Gasteiger partial charge in [0.05, 0.1) is 0 Å². The average Bonchev–Trinajstić information content (AvgIpc) is 3.19. The van der Waals surface area contributed by atoms with E-state index in [2.05, 4.69) is 182 Å². The Morgan fingerprint density at radius 2 is 0.580 bits per heavy atom. The molecule has 11 aromatic rings. The molecule has 0 saturated heterocycles. The lowest BCUT2D eigenvalue weighted by Crippen LogP contribution is -1.92. The van der Waals surface area contributed by atoms with Crippen molar-refractivity contribution in [3.8, 4) is 22.3 Å². The van der Waals surface area contributed by atoms with Gasteiger partial charge >= 0.3 is 0 Å². The Morgan fingerprint density at radius 3 is 1.10 bits per heavy atom. The van der Waals surface area contributed by atoms with Gasteiger partial charge in [-0.05, 0) is 127 Å². The third-order valence-electron chi connectivity index (χ3n) is 10.9. The second-order valence-electron chi connectivity index (χ2n) is 13.6. The SMILES string of the molecule is c1ccc(-c2c3ccccc3c(-c3ccc4c5ccccc5c5c6ccccc6c6ccccc6c5c4c3)c3cc4ccccc4cc23)cc1. The molecule has 0 spiro atoms. The summed E-state index contributed by atoms with van der Waals surface area (Å²) in [6.07, 6.45) is 0. The minimum absolute atomic E-state index is 1.24. The first kappa shape index (κ1) is 27.5. The maximum atomic E-state index is 2.49. The maximum absolute atomic E-state index is 2.49. The van der Waals surface area contributed by atoms with Crippen molar-refractivity contribution in [2.75, 3.05) is 0 Å². The van der Waals surface area contributed by atoms with Crippen molar-refractivity contribution in [2.45, 2.75) is 0 Å². The molecule has 0 heterocycles. The van der Waals surface area contributed by atoms with E-state index < -0.39 is 0 Å². The van der Waals surface area contributed by atoms with Gasteiger partial charge in [0.15, 0.2) is 0 Å². The molecule has 50 heavy (non-hydrogen) atoms. The van der Waals surface area contributed by atoms with Crippen LogP contribution >= 0.6 is 0 Å². The van der Waals surface area contributed by atoms with Crippen molar-refractivity contribution in [1.29, 1.82) is 0 Å². The van der Waals surface area contributed by atoms with Crippen LogP contribution in [0.3, 0.4) is 0 Å². The smallest absolute Gasteiger partial charge is 0.00137 e. The Balaban J connectivity index is 1.36. The van der Waals surface area contributed by atoms with Crippen LogP contribution in [-0.2, 0) is 0 Å². The molecule has 0 aliphatic rings. The van der Waals surface area contributed by atoms with Crippen LogP contribution in [0.4, 0.5) is 0 Å². The van der Waals surface area contributed by atoms with Gasteiger partial charge in [0, 0.05) is 0 Å². The number of rotatable bonds is 2. The van der Waals surface area contributed by atoms with Crippen molar-refractivity contribution in [3.63, 3.8) is 0 Å². The molecule has 0 N–H and O–H groups in total. The number of hydrogen-bond acceptors (Lipinski definition) is 0. The van der Waals surface area contributed by atoms with Gasteiger partial charge in [-0.3, -0.25) is 0 Å². The molecule has 0 amide bonds.